The monoisotopic (exact) mass is 451 g/mol. The molecule has 178 valence electrons. The van der Waals surface area contributed by atoms with Gasteiger partial charge in [0.25, 0.3) is 0 Å². The maximum absolute atomic E-state index is 12.7. The third-order valence-electron chi connectivity index (χ3n) is 6.22. The molecule has 2 aromatic carbocycles. The molecule has 0 saturated heterocycles. The van der Waals surface area contributed by atoms with Gasteiger partial charge in [-0.2, -0.15) is 0 Å². The van der Waals surface area contributed by atoms with Crippen LogP contribution in [0.3, 0.4) is 0 Å². The normalized spacial score (nSPS) is 13.2. The molecule has 1 aliphatic heterocycles. The molecule has 0 spiro atoms. The highest BCUT2D eigenvalue weighted by molar-refractivity contribution is 5.96. The van der Waals surface area contributed by atoms with Gasteiger partial charge >= 0.3 is 6.03 Å². The fraction of sp³-hybridized carbons (Fsp3) is 0.481. The van der Waals surface area contributed by atoms with Crippen molar-refractivity contribution in [3.63, 3.8) is 0 Å². The van der Waals surface area contributed by atoms with E-state index in [1.54, 1.807) is 7.11 Å². The van der Waals surface area contributed by atoms with Crippen LogP contribution in [-0.4, -0.2) is 56.5 Å². The maximum atomic E-state index is 12.7. The van der Waals surface area contributed by atoms with Gasteiger partial charge in [0.1, 0.15) is 5.75 Å². The number of benzene rings is 2. The van der Waals surface area contributed by atoms with E-state index in [-0.39, 0.29) is 11.8 Å². The standard InChI is InChI=1S/C27H37N3O3/c1-3-29-27(32)30-18-14-21-11-12-24(20-23(21)15-19-30)25(31)9-6-7-16-28-17-13-22-8-4-5-10-26(22)33-2/h4-5,8,10-12,20,28H,3,6-7,9,13-19H2,1-2H3,(H,29,32). The molecule has 33 heavy (non-hydrogen) atoms. The van der Waals surface area contributed by atoms with Crippen molar-refractivity contribution in [2.24, 2.45) is 0 Å². The summed E-state index contributed by atoms with van der Waals surface area (Å²) in [6, 6.07) is 14.2. The van der Waals surface area contributed by atoms with Gasteiger partial charge in [-0.1, -0.05) is 30.3 Å². The number of nitrogens with zero attached hydrogens (tertiary/aromatic N) is 1. The third kappa shape index (κ3) is 7.32. The Labute approximate surface area is 197 Å². The molecular weight excluding hydrogens is 414 g/mol. The van der Waals surface area contributed by atoms with Crippen molar-refractivity contribution in [3.05, 3.63) is 64.7 Å². The maximum Gasteiger partial charge on any atom is 0.317 e. The molecular formula is C27H37N3O3. The van der Waals surface area contributed by atoms with Crippen molar-refractivity contribution in [2.75, 3.05) is 39.8 Å². The topological polar surface area (TPSA) is 70.7 Å². The molecule has 1 heterocycles. The van der Waals surface area contributed by atoms with Gasteiger partial charge < -0.3 is 20.3 Å². The average Bonchev–Trinajstić information content (AvgIpc) is 3.06. The predicted molar refractivity (Wildman–Crippen MR) is 132 cm³/mol. The number of carbonyl (C=O) groups excluding carboxylic acids is 2. The lowest BCUT2D eigenvalue weighted by Gasteiger charge is -2.20. The fourth-order valence-electron chi connectivity index (χ4n) is 4.30. The largest absolute Gasteiger partial charge is 0.496 e. The second-order valence-corrected chi connectivity index (χ2v) is 8.50. The summed E-state index contributed by atoms with van der Waals surface area (Å²) in [5, 5.41) is 6.34. The minimum absolute atomic E-state index is 0.00174. The summed E-state index contributed by atoms with van der Waals surface area (Å²) in [5.41, 5.74) is 4.45. The van der Waals surface area contributed by atoms with Crippen LogP contribution in [-0.2, 0) is 19.3 Å². The zero-order valence-corrected chi connectivity index (χ0v) is 20.0. The first kappa shape index (κ1) is 24.8. The van der Waals surface area contributed by atoms with Crippen LogP contribution in [0, 0.1) is 0 Å². The van der Waals surface area contributed by atoms with Crippen LogP contribution in [0.2, 0.25) is 0 Å². The van der Waals surface area contributed by atoms with Crippen molar-refractivity contribution >= 4 is 11.8 Å². The molecule has 0 aromatic heterocycles. The van der Waals surface area contributed by atoms with Gasteiger partial charge in [0.2, 0.25) is 0 Å². The number of hydrogen-bond donors (Lipinski definition) is 2. The van der Waals surface area contributed by atoms with Crippen LogP contribution in [0.4, 0.5) is 4.79 Å². The van der Waals surface area contributed by atoms with Crippen molar-refractivity contribution in [1.29, 1.82) is 0 Å². The first-order chi connectivity index (χ1) is 16.1. The Morgan fingerprint density at radius 3 is 2.58 bits per heavy atom. The number of para-hydroxylation sites is 1. The van der Waals surface area contributed by atoms with Crippen LogP contribution < -0.4 is 15.4 Å². The molecule has 2 aromatic rings. The number of nitrogens with one attached hydrogen (secondary N) is 2. The Morgan fingerprint density at radius 2 is 1.79 bits per heavy atom. The van der Waals surface area contributed by atoms with E-state index in [1.807, 2.05) is 42.2 Å². The van der Waals surface area contributed by atoms with Crippen LogP contribution in [0.1, 0.15) is 53.2 Å². The highest BCUT2D eigenvalue weighted by Crippen LogP contribution is 2.20. The van der Waals surface area contributed by atoms with Crippen LogP contribution >= 0.6 is 0 Å². The Hall–Kier alpha value is -2.86. The second-order valence-electron chi connectivity index (χ2n) is 8.50. The summed E-state index contributed by atoms with van der Waals surface area (Å²) in [4.78, 5) is 26.7. The van der Waals surface area contributed by atoms with Gasteiger partial charge in [0, 0.05) is 31.6 Å². The fourth-order valence-corrected chi connectivity index (χ4v) is 4.30. The number of rotatable bonds is 11. The molecule has 0 unspecified atom stereocenters. The van der Waals surface area contributed by atoms with E-state index in [0.717, 1.165) is 63.1 Å². The SMILES string of the molecule is CCNC(=O)N1CCc2ccc(C(=O)CCCCNCCc3ccccc3OC)cc2CC1. The van der Waals surface area contributed by atoms with Gasteiger partial charge in [0.05, 0.1) is 7.11 Å². The summed E-state index contributed by atoms with van der Waals surface area (Å²) in [6.45, 7) is 5.78. The number of carbonyl (C=O) groups is 2. The molecule has 1 aliphatic rings. The molecule has 6 nitrogen and oxygen atoms in total. The number of unbranched alkanes of at least 4 members (excludes halogenated alkanes) is 1. The number of amides is 2. The van der Waals surface area contributed by atoms with Gasteiger partial charge in [-0.3, -0.25) is 4.79 Å². The van der Waals surface area contributed by atoms with Gasteiger partial charge in [-0.25, -0.2) is 4.79 Å². The Morgan fingerprint density at radius 1 is 1.00 bits per heavy atom. The van der Waals surface area contributed by atoms with E-state index in [9.17, 15) is 9.59 Å². The van der Waals surface area contributed by atoms with E-state index < -0.39 is 0 Å². The van der Waals surface area contributed by atoms with Gasteiger partial charge in [0.15, 0.2) is 5.78 Å². The van der Waals surface area contributed by atoms with Crippen LogP contribution in [0.5, 0.6) is 5.75 Å². The molecule has 0 radical (unpaired) electrons. The van der Waals surface area contributed by atoms with E-state index in [1.165, 1.54) is 16.7 Å². The first-order valence-corrected chi connectivity index (χ1v) is 12.1. The molecule has 0 saturated carbocycles. The molecule has 6 heteroatoms. The summed E-state index contributed by atoms with van der Waals surface area (Å²) in [6.07, 6.45) is 4.98. The molecule has 2 N–H and O–H groups in total. The predicted octanol–water partition coefficient (Wildman–Crippen LogP) is 4.01. The Bertz CT molecular complexity index is 929. The lowest BCUT2D eigenvalue weighted by atomic mass is 9.97. The first-order valence-electron chi connectivity index (χ1n) is 12.1. The van der Waals surface area contributed by atoms with E-state index >= 15 is 0 Å². The summed E-state index contributed by atoms with van der Waals surface area (Å²) >= 11 is 0. The highest BCUT2D eigenvalue weighted by atomic mass is 16.5. The average molecular weight is 452 g/mol. The second kappa shape index (κ2) is 13.0. The number of hydrogen-bond acceptors (Lipinski definition) is 4. The third-order valence-corrected chi connectivity index (χ3v) is 6.22. The Balaban J connectivity index is 1.38. The highest BCUT2D eigenvalue weighted by Gasteiger charge is 2.19. The molecule has 2 amide bonds. The van der Waals surface area contributed by atoms with E-state index in [4.69, 9.17) is 4.74 Å². The lowest BCUT2D eigenvalue weighted by Crippen LogP contribution is -2.41. The quantitative estimate of drug-likeness (QED) is 0.400. The summed E-state index contributed by atoms with van der Waals surface area (Å²) < 4.78 is 5.39. The van der Waals surface area contributed by atoms with Crippen molar-refractivity contribution in [1.82, 2.24) is 15.5 Å². The smallest absolute Gasteiger partial charge is 0.317 e. The molecule has 3 rings (SSSR count). The number of fused-ring (bicyclic) bond motifs is 1. The lowest BCUT2D eigenvalue weighted by molar-refractivity contribution is 0.0979. The van der Waals surface area contributed by atoms with Gasteiger partial charge in [-0.05, 0) is 80.9 Å². The molecule has 0 aliphatic carbocycles. The Kier molecular flexibility index (Phi) is 9.76. The minimum Gasteiger partial charge on any atom is -0.496 e. The molecule has 0 atom stereocenters. The minimum atomic E-state index is -0.00174. The van der Waals surface area contributed by atoms with Crippen molar-refractivity contribution in [3.8, 4) is 5.75 Å². The van der Waals surface area contributed by atoms with Gasteiger partial charge in [-0.15, -0.1) is 0 Å². The zero-order chi connectivity index (χ0) is 23.5. The number of ether oxygens (including phenoxy) is 1. The van der Waals surface area contributed by atoms with Crippen LogP contribution in [0.25, 0.3) is 0 Å². The zero-order valence-electron chi connectivity index (χ0n) is 20.0. The number of urea groups is 1. The molecule has 0 bridgehead atoms. The van der Waals surface area contributed by atoms with Crippen LogP contribution in [0.15, 0.2) is 42.5 Å². The van der Waals surface area contributed by atoms with E-state index in [2.05, 4.69) is 22.8 Å². The summed E-state index contributed by atoms with van der Waals surface area (Å²) in [7, 11) is 1.70. The molecule has 0 fully saturated rings. The number of Topliss-reactive ketones (excluding diaryl/α,β-unsaturated/α-hetero) is 1. The van der Waals surface area contributed by atoms with Crippen molar-refractivity contribution < 1.29 is 14.3 Å². The number of methoxy groups -OCH3 is 1. The van der Waals surface area contributed by atoms with E-state index in [0.29, 0.717) is 19.5 Å². The van der Waals surface area contributed by atoms with Crippen molar-refractivity contribution in [2.45, 2.75) is 45.4 Å². The summed E-state index contributed by atoms with van der Waals surface area (Å²) in [5.74, 6) is 1.14. The number of ketones is 1.